The highest BCUT2D eigenvalue weighted by Crippen LogP contribution is 2.44. The molecule has 1 rings (SSSR count). The van der Waals surface area contributed by atoms with Gasteiger partial charge < -0.3 is 34.0 Å². The number of aliphatic hydroxyl groups is 1. The number of carbonyl (C=O) groups is 2. The van der Waals surface area contributed by atoms with Gasteiger partial charge in [0.15, 0.2) is 6.10 Å². The first kappa shape index (κ1) is 55.5. The summed E-state index contributed by atoms with van der Waals surface area (Å²) in [5.41, 5.74) is 0. The van der Waals surface area contributed by atoms with Gasteiger partial charge in [-0.15, -0.1) is 0 Å². The number of esters is 2. The van der Waals surface area contributed by atoms with Crippen LogP contribution >= 0.6 is 15.6 Å². The van der Waals surface area contributed by atoms with E-state index in [1.54, 1.807) is 0 Å². The van der Waals surface area contributed by atoms with Gasteiger partial charge >= 0.3 is 27.6 Å². The van der Waals surface area contributed by atoms with Crippen LogP contribution in [0.25, 0.3) is 0 Å². The van der Waals surface area contributed by atoms with E-state index in [-0.39, 0.29) is 25.0 Å². The van der Waals surface area contributed by atoms with Crippen LogP contribution in [-0.2, 0) is 46.5 Å². The third-order valence-electron chi connectivity index (χ3n) is 8.96. The molecule has 0 spiro atoms. The molecule has 0 aromatic heterocycles. The molecule has 1 saturated heterocycles. The second-order valence-corrected chi connectivity index (χ2v) is 17.3. The van der Waals surface area contributed by atoms with Crippen LogP contribution in [0.2, 0.25) is 0 Å². The molecule has 0 radical (unpaired) electrons. The Balaban J connectivity index is 2.45. The Morgan fingerprint density at radius 3 is 1.58 bits per heavy atom. The standard InChI is InChI=1S/C44H74O14P2/c1-3-5-7-9-11-13-14-15-16-17-18-20-22-24-29-33-43(46)53-37-40(38-56-60(51,52)55-36-39(45)35-54-59(48,49)50)57-44(47)34-30-26-25-28-32-42-41(58-42)31-27-23-21-19-12-10-8-6-4-2/h11-13,15-16,18-20,23,25,27-28,39-42,45H,3-10,14,17,21-22,24,26,29-38H2,1-2H3,(H,51,52)(H2,48,49,50)/b13-11-,16-15-,19-12-,20-18-,27-23-,28-25-/t39-,40+,41?,42?/m0/s1. The molecule has 0 bridgehead atoms. The quantitative estimate of drug-likeness (QED) is 0.0149. The Bertz CT molecular complexity index is 1400. The van der Waals surface area contributed by atoms with E-state index in [9.17, 15) is 28.7 Å². The molecule has 3 unspecified atom stereocenters. The molecule has 4 N–H and O–H groups in total. The van der Waals surface area contributed by atoms with Crippen LogP contribution in [0.3, 0.4) is 0 Å². The number of hydrogen-bond donors (Lipinski definition) is 4. The molecule has 1 aliphatic heterocycles. The van der Waals surface area contributed by atoms with Crippen molar-refractivity contribution in [1.29, 1.82) is 0 Å². The summed E-state index contributed by atoms with van der Waals surface area (Å²) in [4.78, 5) is 52.7. The molecule has 0 aliphatic carbocycles. The molecule has 1 heterocycles. The largest absolute Gasteiger partial charge is 0.472 e. The lowest BCUT2D eigenvalue weighted by Crippen LogP contribution is -2.29. The zero-order valence-electron chi connectivity index (χ0n) is 36.0. The number of allylic oxidation sites excluding steroid dienone is 10. The Labute approximate surface area is 359 Å². The minimum atomic E-state index is -4.88. The van der Waals surface area contributed by atoms with Crippen LogP contribution in [-0.4, -0.2) is 82.6 Å². The molecule has 1 aliphatic rings. The van der Waals surface area contributed by atoms with Crippen LogP contribution in [0, 0.1) is 0 Å². The smallest absolute Gasteiger partial charge is 0.462 e. The van der Waals surface area contributed by atoms with Crippen molar-refractivity contribution in [2.24, 2.45) is 0 Å². The van der Waals surface area contributed by atoms with Crippen LogP contribution in [0.4, 0.5) is 0 Å². The van der Waals surface area contributed by atoms with Crippen molar-refractivity contribution in [1.82, 2.24) is 0 Å². The molecule has 0 aromatic rings. The number of rotatable bonds is 39. The fourth-order valence-corrected chi connectivity index (χ4v) is 6.66. The minimum Gasteiger partial charge on any atom is -0.462 e. The zero-order chi connectivity index (χ0) is 44.2. The number of aliphatic hydroxyl groups excluding tert-OH is 1. The van der Waals surface area contributed by atoms with E-state index in [4.69, 9.17) is 28.5 Å². The first-order chi connectivity index (χ1) is 28.8. The van der Waals surface area contributed by atoms with Crippen LogP contribution < -0.4 is 0 Å². The van der Waals surface area contributed by atoms with Crippen molar-refractivity contribution in [3.63, 3.8) is 0 Å². The maximum Gasteiger partial charge on any atom is 0.472 e. The van der Waals surface area contributed by atoms with Gasteiger partial charge in [0.2, 0.25) is 0 Å². The number of ether oxygens (including phenoxy) is 3. The summed E-state index contributed by atoms with van der Waals surface area (Å²) >= 11 is 0. The van der Waals surface area contributed by atoms with Gasteiger partial charge in [0, 0.05) is 12.8 Å². The van der Waals surface area contributed by atoms with E-state index in [1.165, 1.54) is 38.5 Å². The predicted molar refractivity (Wildman–Crippen MR) is 234 cm³/mol. The lowest BCUT2D eigenvalue weighted by molar-refractivity contribution is -0.161. The van der Waals surface area contributed by atoms with E-state index < -0.39 is 66.2 Å². The number of carbonyl (C=O) groups excluding carboxylic acids is 2. The number of unbranched alkanes of at least 4 members (excludes halogenated alkanes) is 9. The Morgan fingerprint density at radius 2 is 1.02 bits per heavy atom. The number of hydrogen-bond acceptors (Lipinski definition) is 11. The van der Waals surface area contributed by atoms with Gasteiger partial charge in [-0.3, -0.25) is 23.2 Å². The summed E-state index contributed by atoms with van der Waals surface area (Å²) in [6.07, 6.45) is 40.7. The fourth-order valence-electron chi connectivity index (χ4n) is 5.50. The molecule has 0 aromatic carbocycles. The van der Waals surface area contributed by atoms with Crippen LogP contribution in [0.5, 0.6) is 0 Å². The summed E-state index contributed by atoms with van der Waals surface area (Å²) in [6, 6.07) is 0. The highest BCUT2D eigenvalue weighted by molar-refractivity contribution is 7.47. The van der Waals surface area contributed by atoms with Crippen molar-refractivity contribution in [2.75, 3.05) is 26.4 Å². The van der Waals surface area contributed by atoms with Gasteiger partial charge in [-0.2, -0.15) is 0 Å². The topological polar surface area (TPSA) is 208 Å². The molecule has 344 valence electrons. The molecular formula is C44H74O14P2. The van der Waals surface area contributed by atoms with Gasteiger partial charge in [-0.25, -0.2) is 9.13 Å². The third-order valence-corrected chi connectivity index (χ3v) is 10.4. The SMILES string of the molecule is CCCCC/C=C\C/C=C\C/C=C\CCCCC(=O)OC[C@H](COP(=O)(O)OC[C@@H](O)COP(=O)(O)O)OC(=O)CCC/C=C\CC1OC1C/C=C\C/C=C\CCCCC. The van der Waals surface area contributed by atoms with Crippen molar-refractivity contribution >= 4 is 27.6 Å². The number of phosphoric acid groups is 2. The third kappa shape index (κ3) is 36.2. The molecule has 16 heteroatoms. The number of epoxide rings is 1. The highest BCUT2D eigenvalue weighted by atomic mass is 31.2. The summed E-state index contributed by atoms with van der Waals surface area (Å²) in [6.45, 7) is 1.57. The molecule has 60 heavy (non-hydrogen) atoms. The molecule has 5 atom stereocenters. The van der Waals surface area contributed by atoms with Crippen molar-refractivity contribution in [2.45, 2.75) is 167 Å². The molecule has 0 amide bonds. The molecular weight excluding hydrogens is 814 g/mol. The number of phosphoric ester groups is 2. The summed E-state index contributed by atoms with van der Waals surface area (Å²) in [5, 5.41) is 9.75. The lowest BCUT2D eigenvalue weighted by atomic mass is 10.1. The fraction of sp³-hybridized carbons (Fsp3) is 0.682. The molecule has 1 fully saturated rings. The van der Waals surface area contributed by atoms with Crippen molar-refractivity contribution < 1.29 is 66.3 Å². The summed E-state index contributed by atoms with van der Waals surface area (Å²) in [5.74, 6) is -1.16. The summed E-state index contributed by atoms with van der Waals surface area (Å²) < 4.78 is 53.4. The lowest BCUT2D eigenvalue weighted by Gasteiger charge is -2.20. The highest BCUT2D eigenvalue weighted by Gasteiger charge is 2.36. The van der Waals surface area contributed by atoms with E-state index in [0.717, 1.165) is 57.8 Å². The molecule has 14 nitrogen and oxygen atoms in total. The Morgan fingerprint density at radius 1 is 0.567 bits per heavy atom. The van der Waals surface area contributed by atoms with E-state index in [2.05, 4.69) is 83.7 Å². The van der Waals surface area contributed by atoms with Gasteiger partial charge in [0.05, 0.1) is 32.0 Å². The van der Waals surface area contributed by atoms with Gasteiger partial charge in [0.1, 0.15) is 12.7 Å². The minimum absolute atomic E-state index is 0.0354. The van der Waals surface area contributed by atoms with E-state index >= 15 is 0 Å². The maximum atomic E-state index is 12.7. The first-order valence-corrected chi connectivity index (χ1v) is 24.8. The maximum absolute atomic E-state index is 12.7. The monoisotopic (exact) mass is 888 g/mol. The Kier molecular flexibility index (Phi) is 33.4. The van der Waals surface area contributed by atoms with Gasteiger partial charge in [-0.1, -0.05) is 112 Å². The van der Waals surface area contributed by atoms with Crippen molar-refractivity contribution in [3.05, 3.63) is 72.9 Å². The van der Waals surface area contributed by atoms with Crippen LogP contribution in [0.1, 0.15) is 142 Å². The van der Waals surface area contributed by atoms with E-state index in [1.807, 2.05) is 12.2 Å². The van der Waals surface area contributed by atoms with E-state index in [0.29, 0.717) is 19.3 Å². The average Bonchev–Trinajstić information content (AvgIpc) is 3.96. The normalized spacial score (nSPS) is 18.1. The second kappa shape index (κ2) is 36.0. The zero-order valence-corrected chi connectivity index (χ0v) is 37.8. The Hall–Kier alpha value is -2.48. The van der Waals surface area contributed by atoms with Gasteiger partial charge in [0.25, 0.3) is 0 Å². The average molecular weight is 889 g/mol. The van der Waals surface area contributed by atoms with Crippen molar-refractivity contribution in [3.8, 4) is 0 Å². The van der Waals surface area contributed by atoms with Gasteiger partial charge in [-0.05, 0) is 89.9 Å². The van der Waals surface area contributed by atoms with Crippen LogP contribution in [0.15, 0.2) is 72.9 Å². The summed E-state index contributed by atoms with van der Waals surface area (Å²) in [7, 11) is -9.72. The predicted octanol–water partition coefficient (Wildman–Crippen LogP) is 9.99. The second-order valence-electron chi connectivity index (χ2n) is 14.6. The first-order valence-electron chi connectivity index (χ1n) is 21.8. The molecule has 0 saturated carbocycles.